The summed E-state index contributed by atoms with van der Waals surface area (Å²) in [6.07, 6.45) is 5.04. The Morgan fingerprint density at radius 1 is 1.21 bits per heavy atom. The first-order valence-electron chi connectivity index (χ1n) is 7.13. The van der Waals surface area contributed by atoms with Crippen LogP contribution in [0.2, 0.25) is 5.02 Å². The van der Waals surface area contributed by atoms with Crippen LogP contribution in [0, 0.1) is 0 Å². The molecule has 0 saturated heterocycles. The van der Waals surface area contributed by atoms with Gasteiger partial charge in [-0.15, -0.1) is 0 Å². The first kappa shape index (κ1) is 16.6. The predicted molar refractivity (Wildman–Crippen MR) is 91.9 cm³/mol. The second-order valence-corrected chi connectivity index (χ2v) is 7.41. The molecule has 0 atom stereocenters. The maximum absolute atomic E-state index is 12.3. The minimum atomic E-state index is -3.64. The molecule has 0 saturated carbocycles. The molecule has 0 aliphatic rings. The van der Waals surface area contributed by atoms with Gasteiger partial charge in [0.15, 0.2) is 0 Å². The third kappa shape index (κ3) is 3.64. The third-order valence-corrected chi connectivity index (χ3v) is 5.12. The smallest absolute Gasteiger partial charge is 0.240 e. The average Bonchev–Trinajstić information content (AvgIpc) is 2.99. The van der Waals surface area contributed by atoms with Gasteiger partial charge in [-0.3, -0.25) is 9.67 Å². The van der Waals surface area contributed by atoms with E-state index in [0.29, 0.717) is 5.02 Å². The summed E-state index contributed by atoms with van der Waals surface area (Å²) in [5.74, 6) is 0. The summed E-state index contributed by atoms with van der Waals surface area (Å²) in [5.41, 5.74) is 2.52. The molecule has 1 N–H and O–H groups in total. The predicted octanol–water partition coefficient (Wildman–Crippen LogP) is 2.61. The van der Waals surface area contributed by atoms with Gasteiger partial charge in [-0.2, -0.15) is 5.10 Å². The van der Waals surface area contributed by atoms with Crippen molar-refractivity contribution in [3.63, 3.8) is 0 Å². The molecule has 0 unspecified atom stereocenters. The van der Waals surface area contributed by atoms with Gasteiger partial charge in [-0.25, -0.2) is 13.1 Å². The van der Waals surface area contributed by atoms with Crippen LogP contribution in [0.5, 0.6) is 0 Å². The maximum atomic E-state index is 12.3. The van der Waals surface area contributed by atoms with Gasteiger partial charge >= 0.3 is 0 Å². The molecule has 1 aromatic carbocycles. The van der Waals surface area contributed by atoms with Crippen molar-refractivity contribution >= 4 is 21.6 Å². The normalized spacial score (nSPS) is 11.6. The second kappa shape index (κ2) is 6.72. The number of nitrogens with zero attached hydrogens (tertiary/aromatic N) is 3. The monoisotopic (exact) mass is 362 g/mol. The van der Waals surface area contributed by atoms with Crippen LogP contribution in [-0.4, -0.2) is 23.2 Å². The fourth-order valence-corrected chi connectivity index (χ4v) is 3.60. The third-order valence-electron chi connectivity index (χ3n) is 3.48. The Balaban J connectivity index is 1.79. The first-order chi connectivity index (χ1) is 11.5. The molecule has 0 bridgehead atoms. The van der Waals surface area contributed by atoms with Gasteiger partial charge in [0.25, 0.3) is 0 Å². The van der Waals surface area contributed by atoms with Gasteiger partial charge in [-0.05, 0) is 35.9 Å². The van der Waals surface area contributed by atoms with E-state index in [0.717, 1.165) is 16.8 Å². The summed E-state index contributed by atoms with van der Waals surface area (Å²) in [6.45, 7) is 0.132. The van der Waals surface area contributed by atoms with E-state index in [9.17, 15) is 8.42 Å². The van der Waals surface area contributed by atoms with Crippen molar-refractivity contribution in [3.05, 3.63) is 65.6 Å². The fraction of sp³-hybridized carbons (Fsp3) is 0.125. The number of aryl methyl sites for hydroxylation is 1. The first-order valence-corrected chi connectivity index (χ1v) is 8.99. The Labute approximate surface area is 145 Å². The van der Waals surface area contributed by atoms with Gasteiger partial charge in [0.2, 0.25) is 10.0 Å². The van der Waals surface area contributed by atoms with Crippen LogP contribution < -0.4 is 4.72 Å². The highest BCUT2D eigenvalue weighted by molar-refractivity contribution is 7.89. The Morgan fingerprint density at radius 2 is 2.04 bits per heavy atom. The summed E-state index contributed by atoms with van der Waals surface area (Å²) in [5, 5.41) is 4.49. The number of aromatic nitrogens is 3. The van der Waals surface area contributed by atoms with Crippen molar-refractivity contribution in [1.82, 2.24) is 19.5 Å². The standard InChI is InChI=1S/C16H15ClN4O2S/c1-21-16(5-6-19-21)13-7-12(9-18-11-13)10-20-24(22,23)15-4-2-3-14(17)8-15/h2-9,11,20H,10H2,1H3. The summed E-state index contributed by atoms with van der Waals surface area (Å²) < 4.78 is 28.9. The maximum Gasteiger partial charge on any atom is 0.240 e. The summed E-state index contributed by atoms with van der Waals surface area (Å²) in [6, 6.07) is 9.89. The molecule has 2 aromatic heterocycles. The van der Waals surface area contributed by atoms with Gasteiger partial charge < -0.3 is 0 Å². The number of hydrogen-bond acceptors (Lipinski definition) is 4. The minimum absolute atomic E-state index is 0.130. The van der Waals surface area contributed by atoms with E-state index in [2.05, 4.69) is 14.8 Å². The van der Waals surface area contributed by atoms with Gasteiger partial charge in [0.05, 0.1) is 10.6 Å². The highest BCUT2D eigenvalue weighted by Crippen LogP contribution is 2.19. The number of pyridine rings is 1. The Kier molecular flexibility index (Phi) is 4.66. The molecule has 0 amide bonds. The molecule has 124 valence electrons. The highest BCUT2D eigenvalue weighted by atomic mass is 35.5. The zero-order valence-electron chi connectivity index (χ0n) is 12.8. The lowest BCUT2D eigenvalue weighted by atomic mass is 10.1. The topological polar surface area (TPSA) is 76.9 Å². The molecule has 0 fully saturated rings. The lowest BCUT2D eigenvalue weighted by Crippen LogP contribution is -2.23. The van der Waals surface area contributed by atoms with Crippen LogP contribution >= 0.6 is 11.6 Å². The van der Waals surface area contributed by atoms with Crippen LogP contribution in [0.4, 0.5) is 0 Å². The fourth-order valence-electron chi connectivity index (χ4n) is 2.28. The zero-order valence-corrected chi connectivity index (χ0v) is 14.4. The zero-order chi connectivity index (χ0) is 17.2. The van der Waals surface area contributed by atoms with Crippen molar-refractivity contribution < 1.29 is 8.42 Å². The highest BCUT2D eigenvalue weighted by Gasteiger charge is 2.14. The van der Waals surface area contributed by atoms with Crippen LogP contribution in [0.15, 0.2) is 59.9 Å². The number of nitrogens with one attached hydrogen (secondary N) is 1. The van der Waals surface area contributed by atoms with E-state index in [1.165, 1.54) is 12.1 Å². The second-order valence-electron chi connectivity index (χ2n) is 5.20. The molecule has 2 heterocycles. The number of rotatable bonds is 5. The lowest BCUT2D eigenvalue weighted by Gasteiger charge is -2.08. The molecular formula is C16H15ClN4O2S. The molecule has 24 heavy (non-hydrogen) atoms. The van der Waals surface area contributed by atoms with Crippen LogP contribution in [0.3, 0.4) is 0 Å². The molecule has 0 spiro atoms. The summed E-state index contributed by atoms with van der Waals surface area (Å²) >= 11 is 5.85. The largest absolute Gasteiger partial charge is 0.268 e. The van der Waals surface area contributed by atoms with Crippen molar-refractivity contribution in [2.45, 2.75) is 11.4 Å². The molecule has 0 radical (unpaired) electrons. The van der Waals surface area contributed by atoms with E-state index in [1.807, 2.05) is 19.2 Å². The van der Waals surface area contributed by atoms with Crippen molar-refractivity contribution in [2.24, 2.45) is 7.05 Å². The quantitative estimate of drug-likeness (QED) is 0.756. The summed E-state index contributed by atoms with van der Waals surface area (Å²) in [4.78, 5) is 4.30. The Bertz CT molecular complexity index is 969. The van der Waals surface area contributed by atoms with Gasteiger partial charge in [0.1, 0.15) is 0 Å². The summed E-state index contributed by atoms with van der Waals surface area (Å²) in [7, 11) is -1.80. The number of benzene rings is 1. The van der Waals surface area contributed by atoms with Crippen molar-refractivity contribution in [1.29, 1.82) is 0 Å². The molecule has 3 rings (SSSR count). The van der Waals surface area contributed by atoms with Crippen LogP contribution in [0.25, 0.3) is 11.3 Å². The van der Waals surface area contributed by atoms with Gasteiger partial charge in [0, 0.05) is 42.8 Å². The molecule has 0 aliphatic carbocycles. The average molecular weight is 363 g/mol. The Morgan fingerprint density at radius 3 is 2.75 bits per heavy atom. The molecular weight excluding hydrogens is 348 g/mol. The molecule has 6 nitrogen and oxygen atoms in total. The molecule has 3 aromatic rings. The van der Waals surface area contributed by atoms with E-state index in [1.54, 1.807) is 35.4 Å². The SMILES string of the molecule is Cn1nccc1-c1cncc(CNS(=O)(=O)c2cccc(Cl)c2)c1. The lowest BCUT2D eigenvalue weighted by molar-refractivity contribution is 0.581. The van der Waals surface area contributed by atoms with Crippen LogP contribution in [0.1, 0.15) is 5.56 Å². The van der Waals surface area contributed by atoms with E-state index >= 15 is 0 Å². The van der Waals surface area contributed by atoms with Crippen molar-refractivity contribution in [3.8, 4) is 11.3 Å². The van der Waals surface area contributed by atoms with Crippen molar-refractivity contribution in [2.75, 3.05) is 0 Å². The molecule has 8 heteroatoms. The van der Waals surface area contributed by atoms with E-state index in [-0.39, 0.29) is 11.4 Å². The van der Waals surface area contributed by atoms with Crippen LogP contribution in [-0.2, 0) is 23.6 Å². The minimum Gasteiger partial charge on any atom is -0.268 e. The molecule has 0 aliphatic heterocycles. The van der Waals surface area contributed by atoms with Gasteiger partial charge in [-0.1, -0.05) is 17.7 Å². The Hall–Kier alpha value is -2.22. The van der Waals surface area contributed by atoms with E-state index < -0.39 is 10.0 Å². The number of hydrogen-bond donors (Lipinski definition) is 1. The number of sulfonamides is 1. The number of halogens is 1. The van der Waals surface area contributed by atoms with E-state index in [4.69, 9.17) is 11.6 Å².